The van der Waals surface area contributed by atoms with E-state index in [1.54, 1.807) is 32.3 Å². The van der Waals surface area contributed by atoms with E-state index in [-0.39, 0.29) is 11.2 Å². The van der Waals surface area contributed by atoms with Crippen LogP contribution >= 0.6 is 11.6 Å². The standard InChI is InChI=1S/C13H17ClN6O2/c1-8(7-13(2,3)18-12(21)22)9-17-10(14)19-20(9)11-15-5-4-6-16-11/h4-6,8,18H,7H2,1-3H3,(H,21,22)/t8-/m0/s1. The Morgan fingerprint density at radius 3 is 2.68 bits per heavy atom. The highest BCUT2D eigenvalue weighted by Gasteiger charge is 2.27. The van der Waals surface area contributed by atoms with Crippen molar-refractivity contribution in [2.45, 2.75) is 38.6 Å². The predicted octanol–water partition coefficient (Wildman–Crippen LogP) is 2.25. The quantitative estimate of drug-likeness (QED) is 0.873. The molecule has 2 aromatic heterocycles. The molecule has 0 aliphatic carbocycles. The molecule has 0 aliphatic rings. The minimum Gasteiger partial charge on any atom is -0.465 e. The molecule has 2 heterocycles. The van der Waals surface area contributed by atoms with Crippen molar-refractivity contribution >= 4 is 17.7 Å². The van der Waals surface area contributed by atoms with Crippen molar-refractivity contribution in [2.24, 2.45) is 0 Å². The molecule has 0 aromatic carbocycles. The lowest BCUT2D eigenvalue weighted by atomic mass is 9.91. The van der Waals surface area contributed by atoms with E-state index in [2.05, 4.69) is 25.4 Å². The molecule has 0 saturated heterocycles. The molecule has 9 heteroatoms. The van der Waals surface area contributed by atoms with Gasteiger partial charge in [0.25, 0.3) is 5.95 Å². The Balaban J connectivity index is 2.27. The summed E-state index contributed by atoms with van der Waals surface area (Å²) in [6.07, 6.45) is 2.65. The smallest absolute Gasteiger partial charge is 0.405 e. The lowest BCUT2D eigenvalue weighted by Gasteiger charge is -2.27. The van der Waals surface area contributed by atoms with Crippen molar-refractivity contribution in [3.63, 3.8) is 0 Å². The van der Waals surface area contributed by atoms with E-state index in [4.69, 9.17) is 16.7 Å². The fraction of sp³-hybridized carbons (Fsp3) is 0.462. The predicted molar refractivity (Wildman–Crippen MR) is 80.2 cm³/mol. The topological polar surface area (TPSA) is 106 Å². The zero-order valence-corrected chi connectivity index (χ0v) is 13.2. The molecule has 1 amide bonds. The molecule has 0 fully saturated rings. The Morgan fingerprint density at radius 2 is 2.09 bits per heavy atom. The Kier molecular flexibility index (Phi) is 4.60. The van der Waals surface area contributed by atoms with Gasteiger partial charge in [0.2, 0.25) is 5.28 Å². The molecule has 0 saturated carbocycles. The van der Waals surface area contributed by atoms with Gasteiger partial charge in [-0.15, -0.1) is 5.10 Å². The molecule has 118 valence electrons. The van der Waals surface area contributed by atoms with E-state index in [1.165, 1.54) is 4.68 Å². The van der Waals surface area contributed by atoms with Crippen LogP contribution in [0.25, 0.3) is 5.95 Å². The van der Waals surface area contributed by atoms with Crippen LogP contribution in [0.1, 0.15) is 38.9 Å². The summed E-state index contributed by atoms with van der Waals surface area (Å²) >= 11 is 5.91. The number of halogens is 1. The number of aromatic nitrogens is 5. The maximum absolute atomic E-state index is 10.8. The molecule has 2 rings (SSSR count). The average Bonchev–Trinajstić information content (AvgIpc) is 2.80. The summed E-state index contributed by atoms with van der Waals surface area (Å²) in [7, 11) is 0. The van der Waals surface area contributed by atoms with Crippen LogP contribution in [0.3, 0.4) is 0 Å². The second kappa shape index (κ2) is 6.27. The van der Waals surface area contributed by atoms with Crippen molar-refractivity contribution in [1.82, 2.24) is 30.0 Å². The molecule has 0 bridgehead atoms. The van der Waals surface area contributed by atoms with Crippen LogP contribution in [-0.2, 0) is 0 Å². The van der Waals surface area contributed by atoms with E-state index in [9.17, 15) is 4.79 Å². The van der Waals surface area contributed by atoms with Gasteiger partial charge >= 0.3 is 6.09 Å². The monoisotopic (exact) mass is 324 g/mol. The third-order valence-electron chi connectivity index (χ3n) is 3.05. The van der Waals surface area contributed by atoms with Crippen LogP contribution < -0.4 is 5.32 Å². The van der Waals surface area contributed by atoms with Gasteiger partial charge in [-0.05, 0) is 37.9 Å². The van der Waals surface area contributed by atoms with Crippen molar-refractivity contribution < 1.29 is 9.90 Å². The number of nitrogens with zero attached hydrogens (tertiary/aromatic N) is 5. The minimum absolute atomic E-state index is 0.0957. The molecule has 0 radical (unpaired) electrons. The summed E-state index contributed by atoms with van der Waals surface area (Å²) in [6, 6.07) is 1.70. The van der Waals surface area contributed by atoms with Crippen molar-refractivity contribution in [3.8, 4) is 5.95 Å². The third kappa shape index (κ3) is 3.91. The summed E-state index contributed by atoms with van der Waals surface area (Å²) in [4.78, 5) is 23.3. The first-order valence-corrected chi connectivity index (χ1v) is 7.07. The summed E-state index contributed by atoms with van der Waals surface area (Å²) in [5.74, 6) is 0.842. The first-order valence-electron chi connectivity index (χ1n) is 6.69. The third-order valence-corrected chi connectivity index (χ3v) is 3.21. The molecular weight excluding hydrogens is 308 g/mol. The van der Waals surface area contributed by atoms with Gasteiger partial charge < -0.3 is 10.4 Å². The van der Waals surface area contributed by atoms with Crippen molar-refractivity contribution in [2.75, 3.05) is 0 Å². The van der Waals surface area contributed by atoms with Crippen LogP contribution in [0.15, 0.2) is 18.5 Å². The van der Waals surface area contributed by atoms with Crippen LogP contribution in [0, 0.1) is 0 Å². The first-order chi connectivity index (χ1) is 10.3. The van der Waals surface area contributed by atoms with E-state index in [1.807, 2.05) is 6.92 Å². The maximum Gasteiger partial charge on any atom is 0.405 e. The zero-order chi connectivity index (χ0) is 16.3. The normalized spacial score (nSPS) is 12.9. The van der Waals surface area contributed by atoms with Gasteiger partial charge in [-0.2, -0.15) is 4.68 Å². The molecule has 2 N–H and O–H groups in total. The molecule has 0 unspecified atom stereocenters. The number of amides is 1. The first kappa shape index (κ1) is 16.2. The number of carbonyl (C=O) groups is 1. The van der Waals surface area contributed by atoms with Gasteiger partial charge in [-0.1, -0.05) is 6.92 Å². The lowest BCUT2D eigenvalue weighted by molar-refractivity contribution is 0.179. The largest absolute Gasteiger partial charge is 0.465 e. The number of hydrogen-bond donors (Lipinski definition) is 2. The number of carboxylic acid groups (broad SMARTS) is 1. The SMILES string of the molecule is C[C@@H](CC(C)(C)NC(=O)O)c1nc(Cl)nn1-c1ncccn1. The van der Waals surface area contributed by atoms with E-state index < -0.39 is 11.6 Å². The number of hydrogen-bond acceptors (Lipinski definition) is 5. The summed E-state index contributed by atoms with van der Waals surface area (Å²) < 4.78 is 1.48. The van der Waals surface area contributed by atoms with Crippen molar-refractivity contribution in [1.29, 1.82) is 0 Å². The van der Waals surface area contributed by atoms with E-state index in [0.717, 1.165) is 0 Å². The van der Waals surface area contributed by atoms with Crippen LogP contribution in [0.5, 0.6) is 0 Å². The van der Waals surface area contributed by atoms with Gasteiger partial charge in [0.15, 0.2) is 0 Å². The summed E-state index contributed by atoms with van der Waals surface area (Å²) in [6.45, 7) is 5.53. The minimum atomic E-state index is -1.07. The zero-order valence-electron chi connectivity index (χ0n) is 12.5. The van der Waals surface area contributed by atoms with Crippen LogP contribution in [0.2, 0.25) is 5.28 Å². The maximum atomic E-state index is 10.8. The van der Waals surface area contributed by atoms with E-state index in [0.29, 0.717) is 18.2 Å². The molecule has 0 spiro atoms. The molecule has 8 nitrogen and oxygen atoms in total. The molecular formula is C13H17ClN6O2. The van der Waals surface area contributed by atoms with Gasteiger partial charge in [-0.3, -0.25) is 0 Å². The number of nitrogens with one attached hydrogen (secondary N) is 1. The van der Waals surface area contributed by atoms with Gasteiger partial charge in [0.05, 0.1) is 0 Å². The second-order valence-electron chi connectivity index (χ2n) is 5.62. The highest BCUT2D eigenvalue weighted by atomic mass is 35.5. The second-order valence-corrected chi connectivity index (χ2v) is 5.96. The van der Waals surface area contributed by atoms with Gasteiger partial charge in [0, 0.05) is 23.9 Å². The highest BCUT2D eigenvalue weighted by molar-refractivity contribution is 6.28. The van der Waals surface area contributed by atoms with Gasteiger partial charge in [-0.25, -0.2) is 19.7 Å². The summed E-state index contributed by atoms with van der Waals surface area (Å²) in [5.41, 5.74) is -0.619. The lowest BCUT2D eigenvalue weighted by Crippen LogP contribution is -2.43. The molecule has 0 aliphatic heterocycles. The van der Waals surface area contributed by atoms with Gasteiger partial charge in [0.1, 0.15) is 5.82 Å². The Hall–Kier alpha value is -2.22. The summed E-state index contributed by atoms with van der Waals surface area (Å²) in [5, 5.41) is 15.6. The average molecular weight is 325 g/mol. The number of rotatable bonds is 5. The fourth-order valence-corrected chi connectivity index (χ4v) is 2.52. The molecule has 22 heavy (non-hydrogen) atoms. The Morgan fingerprint density at radius 1 is 1.45 bits per heavy atom. The fourth-order valence-electron chi connectivity index (χ4n) is 2.36. The Labute approximate surface area is 132 Å². The van der Waals surface area contributed by atoms with Crippen molar-refractivity contribution in [3.05, 3.63) is 29.6 Å². The van der Waals surface area contributed by atoms with E-state index >= 15 is 0 Å². The van der Waals surface area contributed by atoms with Crippen LogP contribution in [0.4, 0.5) is 4.79 Å². The Bertz CT molecular complexity index is 658. The molecule has 2 aromatic rings. The van der Waals surface area contributed by atoms with Crippen LogP contribution in [-0.4, -0.2) is 41.5 Å². The highest BCUT2D eigenvalue weighted by Crippen LogP contribution is 2.26. The molecule has 1 atom stereocenters.